The van der Waals surface area contributed by atoms with Gasteiger partial charge in [0.1, 0.15) is 0 Å². The quantitative estimate of drug-likeness (QED) is 0.796. The van der Waals surface area contributed by atoms with Gasteiger partial charge in [-0.25, -0.2) is 4.79 Å². The molecule has 0 amide bonds. The number of ether oxygens (including phenoxy) is 1. The lowest BCUT2D eigenvalue weighted by Crippen LogP contribution is -2.29. The average Bonchev–Trinajstić information content (AvgIpc) is 2.79. The molecule has 1 N–H and O–H groups in total. The Morgan fingerprint density at radius 1 is 1.59 bits per heavy atom. The highest BCUT2D eigenvalue weighted by Gasteiger charge is 2.15. The number of carbonyl (C=O) groups is 1. The Balaban J connectivity index is 1.91. The predicted molar refractivity (Wildman–Crippen MR) is 63.8 cm³/mol. The molecule has 1 aliphatic heterocycles. The van der Waals surface area contributed by atoms with Crippen molar-refractivity contribution in [2.45, 2.75) is 26.3 Å². The molecule has 17 heavy (non-hydrogen) atoms. The van der Waals surface area contributed by atoms with Crippen molar-refractivity contribution in [2.75, 3.05) is 19.7 Å². The lowest BCUT2D eigenvalue weighted by molar-refractivity contribution is 0.0526. The molecule has 0 saturated carbocycles. The standard InChI is InChI=1S/C12H19N3O2/c1-2-17-12(16)11-7-14-15(9-11)8-10-3-5-13-6-4-10/h7,9-10,13H,2-6,8H2,1H3. The molecule has 94 valence electrons. The zero-order valence-electron chi connectivity index (χ0n) is 10.2. The molecule has 0 aromatic carbocycles. The Morgan fingerprint density at radius 3 is 3.06 bits per heavy atom. The minimum atomic E-state index is -0.288. The van der Waals surface area contributed by atoms with Gasteiger partial charge in [0.05, 0.1) is 18.4 Å². The number of esters is 1. The lowest BCUT2D eigenvalue weighted by Gasteiger charge is -2.22. The summed E-state index contributed by atoms with van der Waals surface area (Å²) < 4.78 is 6.78. The molecule has 5 nitrogen and oxygen atoms in total. The SMILES string of the molecule is CCOC(=O)c1cnn(CC2CCNCC2)c1. The molecular formula is C12H19N3O2. The lowest BCUT2D eigenvalue weighted by atomic mass is 9.98. The van der Waals surface area contributed by atoms with Gasteiger partial charge >= 0.3 is 5.97 Å². The van der Waals surface area contributed by atoms with Crippen molar-refractivity contribution in [3.8, 4) is 0 Å². The van der Waals surface area contributed by atoms with Gasteiger partial charge in [0.15, 0.2) is 0 Å². The number of nitrogens with one attached hydrogen (secondary N) is 1. The van der Waals surface area contributed by atoms with E-state index >= 15 is 0 Å². The number of hydrogen-bond acceptors (Lipinski definition) is 4. The van der Waals surface area contributed by atoms with E-state index in [1.54, 1.807) is 19.3 Å². The molecule has 1 aromatic heterocycles. The first kappa shape index (κ1) is 12.1. The molecule has 5 heteroatoms. The summed E-state index contributed by atoms with van der Waals surface area (Å²) >= 11 is 0. The van der Waals surface area contributed by atoms with Gasteiger partial charge in [0.25, 0.3) is 0 Å². The molecule has 1 aromatic rings. The van der Waals surface area contributed by atoms with Crippen LogP contribution in [0.4, 0.5) is 0 Å². The number of hydrogen-bond donors (Lipinski definition) is 1. The van der Waals surface area contributed by atoms with Crippen LogP contribution in [0.15, 0.2) is 12.4 Å². The molecule has 0 unspecified atom stereocenters. The van der Waals surface area contributed by atoms with Crippen LogP contribution in [0, 0.1) is 5.92 Å². The second kappa shape index (κ2) is 5.82. The van der Waals surface area contributed by atoms with Gasteiger partial charge in [-0.2, -0.15) is 5.10 Å². The van der Waals surface area contributed by atoms with E-state index in [4.69, 9.17) is 4.74 Å². The number of rotatable bonds is 4. The highest BCUT2D eigenvalue weighted by atomic mass is 16.5. The van der Waals surface area contributed by atoms with Crippen LogP contribution in [0.5, 0.6) is 0 Å². The molecule has 1 fully saturated rings. The van der Waals surface area contributed by atoms with Crippen LogP contribution in [0.2, 0.25) is 0 Å². The largest absolute Gasteiger partial charge is 0.462 e. The minimum Gasteiger partial charge on any atom is -0.462 e. The fraction of sp³-hybridized carbons (Fsp3) is 0.667. The number of nitrogens with zero attached hydrogens (tertiary/aromatic N) is 2. The first-order chi connectivity index (χ1) is 8.29. The van der Waals surface area contributed by atoms with Gasteiger partial charge < -0.3 is 10.1 Å². The van der Waals surface area contributed by atoms with Crippen LogP contribution < -0.4 is 5.32 Å². The summed E-state index contributed by atoms with van der Waals surface area (Å²) in [7, 11) is 0. The molecule has 0 spiro atoms. The highest BCUT2D eigenvalue weighted by Crippen LogP contribution is 2.14. The summed E-state index contributed by atoms with van der Waals surface area (Å²) in [6.07, 6.45) is 5.71. The van der Waals surface area contributed by atoms with Crippen molar-refractivity contribution in [3.63, 3.8) is 0 Å². The van der Waals surface area contributed by atoms with E-state index in [1.807, 2.05) is 4.68 Å². The zero-order valence-corrected chi connectivity index (χ0v) is 10.2. The van der Waals surface area contributed by atoms with Gasteiger partial charge in [-0.05, 0) is 38.8 Å². The maximum atomic E-state index is 11.5. The summed E-state index contributed by atoms with van der Waals surface area (Å²) in [6.45, 7) is 5.25. The predicted octanol–water partition coefficient (Wildman–Crippen LogP) is 1.06. The van der Waals surface area contributed by atoms with Crippen LogP contribution in [0.1, 0.15) is 30.1 Å². The van der Waals surface area contributed by atoms with Gasteiger partial charge in [-0.15, -0.1) is 0 Å². The Labute approximate surface area is 101 Å². The number of carbonyl (C=O) groups excluding carboxylic acids is 1. The van der Waals surface area contributed by atoms with Crippen LogP contribution in [-0.4, -0.2) is 35.4 Å². The van der Waals surface area contributed by atoms with E-state index in [1.165, 1.54) is 12.8 Å². The summed E-state index contributed by atoms with van der Waals surface area (Å²) in [6, 6.07) is 0. The summed E-state index contributed by atoms with van der Waals surface area (Å²) in [5.41, 5.74) is 0.542. The van der Waals surface area contributed by atoms with Gasteiger partial charge in [-0.3, -0.25) is 4.68 Å². The molecule has 0 bridgehead atoms. The Bertz CT molecular complexity index is 370. The minimum absolute atomic E-state index is 0.288. The van der Waals surface area contributed by atoms with Crippen molar-refractivity contribution in [2.24, 2.45) is 5.92 Å². The first-order valence-electron chi connectivity index (χ1n) is 6.20. The van der Waals surface area contributed by atoms with Gasteiger partial charge in [0, 0.05) is 12.7 Å². The zero-order chi connectivity index (χ0) is 12.1. The Morgan fingerprint density at radius 2 is 2.35 bits per heavy atom. The van der Waals surface area contributed by atoms with E-state index < -0.39 is 0 Å². The highest BCUT2D eigenvalue weighted by molar-refractivity contribution is 5.88. The molecule has 0 aliphatic carbocycles. The fourth-order valence-corrected chi connectivity index (χ4v) is 2.11. The van der Waals surface area contributed by atoms with Crippen molar-refractivity contribution >= 4 is 5.97 Å². The summed E-state index contributed by atoms with van der Waals surface area (Å²) in [4.78, 5) is 11.5. The monoisotopic (exact) mass is 237 g/mol. The van der Waals surface area contributed by atoms with Gasteiger partial charge in [-0.1, -0.05) is 0 Å². The van der Waals surface area contributed by atoms with E-state index in [0.29, 0.717) is 18.1 Å². The van der Waals surface area contributed by atoms with Crippen molar-refractivity contribution in [1.82, 2.24) is 15.1 Å². The van der Waals surface area contributed by atoms with Crippen molar-refractivity contribution in [3.05, 3.63) is 18.0 Å². The summed E-state index contributed by atoms with van der Waals surface area (Å²) in [5.74, 6) is 0.371. The third kappa shape index (κ3) is 3.30. The molecule has 1 aliphatic rings. The fourth-order valence-electron chi connectivity index (χ4n) is 2.11. The normalized spacial score (nSPS) is 17.0. The third-order valence-electron chi connectivity index (χ3n) is 3.05. The molecule has 0 atom stereocenters. The summed E-state index contributed by atoms with van der Waals surface area (Å²) in [5, 5.41) is 7.55. The topological polar surface area (TPSA) is 56.1 Å². The van der Waals surface area contributed by atoms with E-state index in [-0.39, 0.29) is 5.97 Å². The van der Waals surface area contributed by atoms with Gasteiger partial charge in [0.2, 0.25) is 0 Å². The van der Waals surface area contributed by atoms with E-state index in [2.05, 4.69) is 10.4 Å². The Hall–Kier alpha value is -1.36. The molecular weight excluding hydrogens is 218 g/mol. The smallest absolute Gasteiger partial charge is 0.341 e. The maximum absolute atomic E-state index is 11.5. The number of aromatic nitrogens is 2. The van der Waals surface area contributed by atoms with Crippen LogP contribution in [-0.2, 0) is 11.3 Å². The van der Waals surface area contributed by atoms with Crippen molar-refractivity contribution in [1.29, 1.82) is 0 Å². The second-order valence-corrected chi connectivity index (χ2v) is 4.36. The molecule has 2 heterocycles. The third-order valence-corrected chi connectivity index (χ3v) is 3.05. The van der Waals surface area contributed by atoms with Crippen LogP contribution in [0.3, 0.4) is 0 Å². The van der Waals surface area contributed by atoms with Crippen LogP contribution >= 0.6 is 0 Å². The van der Waals surface area contributed by atoms with Crippen LogP contribution in [0.25, 0.3) is 0 Å². The Kier molecular flexibility index (Phi) is 4.14. The first-order valence-corrected chi connectivity index (χ1v) is 6.20. The average molecular weight is 237 g/mol. The number of piperidine rings is 1. The molecule has 1 saturated heterocycles. The van der Waals surface area contributed by atoms with Crippen molar-refractivity contribution < 1.29 is 9.53 Å². The maximum Gasteiger partial charge on any atom is 0.341 e. The second-order valence-electron chi connectivity index (χ2n) is 4.36. The molecule has 2 rings (SSSR count). The molecule has 0 radical (unpaired) electrons. The van der Waals surface area contributed by atoms with E-state index in [9.17, 15) is 4.79 Å². The van der Waals surface area contributed by atoms with E-state index in [0.717, 1.165) is 19.6 Å².